The van der Waals surface area contributed by atoms with Crippen molar-refractivity contribution in [2.24, 2.45) is 7.05 Å². The molecule has 0 saturated carbocycles. The number of thiazole rings is 2. The van der Waals surface area contributed by atoms with Gasteiger partial charge in [-0.05, 0) is 18.6 Å². The minimum Gasteiger partial charge on any atom is -0.351 e. The van der Waals surface area contributed by atoms with Gasteiger partial charge in [0.2, 0.25) is 0 Å². The average Bonchev–Trinajstić information content (AvgIpc) is 3.46. The monoisotopic (exact) mass is 410 g/mol. The van der Waals surface area contributed by atoms with Crippen molar-refractivity contribution in [1.82, 2.24) is 30.0 Å². The summed E-state index contributed by atoms with van der Waals surface area (Å²) in [5.74, 6) is -0.150. The summed E-state index contributed by atoms with van der Waals surface area (Å²) in [6.45, 7) is 0.586. The van der Waals surface area contributed by atoms with Crippen LogP contribution in [0.15, 0.2) is 47.7 Å². The lowest BCUT2D eigenvalue weighted by atomic mass is 10.2. The molecule has 0 radical (unpaired) electrons. The largest absolute Gasteiger partial charge is 0.351 e. The highest BCUT2D eigenvalue weighted by Gasteiger charge is 2.12. The number of hydrogen-bond acceptors (Lipinski definition) is 7. The molecule has 0 aliphatic rings. The maximum Gasteiger partial charge on any atom is 0.270 e. The van der Waals surface area contributed by atoms with Gasteiger partial charge in [-0.15, -0.1) is 22.7 Å². The fourth-order valence-corrected chi connectivity index (χ4v) is 4.28. The SMILES string of the molecule is Cn1cc(-c2nc(C(=O)NCCCc3nc(-c4ccncc4)cs3)cs2)cn1. The zero-order valence-electron chi connectivity index (χ0n) is 15.2. The van der Waals surface area contributed by atoms with Crippen LogP contribution in [0, 0.1) is 0 Å². The first-order valence-electron chi connectivity index (χ1n) is 8.76. The van der Waals surface area contributed by atoms with Crippen molar-refractivity contribution < 1.29 is 4.79 Å². The molecule has 9 heteroatoms. The summed E-state index contributed by atoms with van der Waals surface area (Å²) >= 11 is 3.08. The van der Waals surface area contributed by atoms with E-state index >= 15 is 0 Å². The second kappa shape index (κ2) is 8.41. The Bertz CT molecular complexity index is 1070. The van der Waals surface area contributed by atoms with Crippen molar-refractivity contribution in [2.75, 3.05) is 6.54 Å². The van der Waals surface area contributed by atoms with Crippen LogP contribution in [0.1, 0.15) is 21.9 Å². The quantitative estimate of drug-likeness (QED) is 0.472. The number of carbonyl (C=O) groups excluding carboxylic acids is 1. The highest BCUT2D eigenvalue weighted by molar-refractivity contribution is 7.13. The third-order valence-electron chi connectivity index (χ3n) is 4.07. The van der Waals surface area contributed by atoms with Crippen LogP contribution in [0.2, 0.25) is 0 Å². The van der Waals surface area contributed by atoms with Crippen LogP contribution in [0.25, 0.3) is 21.8 Å². The molecule has 0 fully saturated rings. The van der Waals surface area contributed by atoms with Gasteiger partial charge in [-0.2, -0.15) is 5.10 Å². The number of nitrogens with zero attached hydrogens (tertiary/aromatic N) is 5. The van der Waals surface area contributed by atoms with Crippen LogP contribution >= 0.6 is 22.7 Å². The molecular weight excluding hydrogens is 392 g/mol. The Morgan fingerprint density at radius 1 is 1.14 bits per heavy atom. The van der Waals surface area contributed by atoms with Gasteiger partial charge in [-0.25, -0.2) is 9.97 Å². The van der Waals surface area contributed by atoms with E-state index in [2.05, 4.69) is 30.7 Å². The maximum atomic E-state index is 12.3. The first-order chi connectivity index (χ1) is 13.7. The van der Waals surface area contributed by atoms with Gasteiger partial charge in [0.1, 0.15) is 10.7 Å². The van der Waals surface area contributed by atoms with Gasteiger partial charge in [0.05, 0.1) is 16.9 Å². The molecule has 4 heterocycles. The number of aromatic nitrogens is 5. The van der Waals surface area contributed by atoms with Crippen LogP contribution in [0.4, 0.5) is 0 Å². The minimum atomic E-state index is -0.150. The van der Waals surface area contributed by atoms with Gasteiger partial charge >= 0.3 is 0 Å². The number of carbonyl (C=O) groups is 1. The molecular formula is C19H18N6OS2. The predicted octanol–water partition coefficient (Wildman–Crippen LogP) is 3.42. The zero-order chi connectivity index (χ0) is 19.3. The number of nitrogens with one attached hydrogen (secondary N) is 1. The molecule has 4 aromatic heterocycles. The third-order valence-corrected chi connectivity index (χ3v) is 5.87. The number of hydrogen-bond donors (Lipinski definition) is 1. The molecule has 0 bridgehead atoms. The molecule has 0 aliphatic heterocycles. The van der Waals surface area contributed by atoms with Crippen molar-refractivity contribution in [2.45, 2.75) is 12.8 Å². The lowest BCUT2D eigenvalue weighted by molar-refractivity contribution is 0.0949. The maximum absolute atomic E-state index is 12.3. The van der Waals surface area contributed by atoms with E-state index in [-0.39, 0.29) is 5.91 Å². The van der Waals surface area contributed by atoms with Crippen molar-refractivity contribution in [3.63, 3.8) is 0 Å². The van der Waals surface area contributed by atoms with Gasteiger partial charge in [-0.3, -0.25) is 14.5 Å². The molecule has 1 amide bonds. The molecule has 0 spiro atoms. The molecule has 4 aromatic rings. The first kappa shape index (κ1) is 18.5. The Balaban J connectivity index is 1.26. The topological polar surface area (TPSA) is 85.6 Å². The zero-order valence-corrected chi connectivity index (χ0v) is 16.8. The van der Waals surface area contributed by atoms with Gasteiger partial charge in [-0.1, -0.05) is 0 Å². The van der Waals surface area contributed by atoms with Crippen LogP contribution in [-0.4, -0.2) is 37.2 Å². The van der Waals surface area contributed by atoms with Crippen LogP contribution < -0.4 is 5.32 Å². The molecule has 142 valence electrons. The summed E-state index contributed by atoms with van der Waals surface area (Å²) in [5, 5.41) is 12.8. The Hall–Kier alpha value is -2.91. The van der Waals surface area contributed by atoms with Gasteiger partial charge < -0.3 is 5.32 Å². The van der Waals surface area contributed by atoms with Crippen LogP contribution in [-0.2, 0) is 13.5 Å². The smallest absolute Gasteiger partial charge is 0.270 e. The van der Waals surface area contributed by atoms with Gasteiger partial charge in [0.25, 0.3) is 5.91 Å². The molecule has 28 heavy (non-hydrogen) atoms. The second-order valence-electron chi connectivity index (χ2n) is 6.16. The fraction of sp³-hybridized carbons (Fsp3) is 0.211. The fourth-order valence-electron chi connectivity index (χ4n) is 2.66. The summed E-state index contributed by atoms with van der Waals surface area (Å²) in [4.78, 5) is 25.4. The van der Waals surface area contributed by atoms with Gasteiger partial charge in [0.15, 0.2) is 0 Å². The molecule has 0 aliphatic carbocycles. The van der Waals surface area contributed by atoms with Crippen molar-refractivity contribution in [3.8, 4) is 21.8 Å². The molecule has 0 atom stereocenters. The Kier molecular flexibility index (Phi) is 5.54. The Labute approximate surface area is 170 Å². The molecule has 0 aromatic carbocycles. The lowest BCUT2D eigenvalue weighted by Crippen LogP contribution is -2.25. The highest BCUT2D eigenvalue weighted by Crippen LogP contribution is 2.23. The third kappa shape index (κ3) is 4.32. The summed E-state index contributed by atoms with van der Waals surface area (Å²) in [6, 6.07) is 3.90. The normalized spacial score (nSPS) is 10.9. The number of aryl methyl sites for hydroxylation is 2. The average molecular weight is 411 g/mol. The van der Waals surface area contributed by atoms with Crippen molar-refractivity contribution in [1.29, 1.82) is 0 Å². The Morgan fingerprint density at radius 3 is 2.79 bits per heavy atom. The second-order valence-corrected chi connectivity index (χ2v) is 7.96. The molecule has 0 saturated heterocycles. The molecule has 0 unspecified atom stereocenters. The Morgan fingerprint density at radius 2 is 2.00 bits per heavy atom. The van der Waals surface area contributed by atoms with E-state index in [4.69, 9.17) is 0 Å². The van der Waals surface area contributed by atoms with Crippen molar-refractivity contribution >= 4 is 28.6 Å². The van der Waals surface area contributed by atoms with E-state index in [9.17, 15) is 4.79 Å². The van der Waals surface area contributed by atoms with E-state index in [0.29, 0.717) is 12.2 Å². The van der Waals surface area contributed by atoms with E-state index in [1.54, 1.807) is 40.0 Å². The number of amides is 1. The van der Waals surface area contributed by atoms with E-state index in [1.807, 2.05) is 25.4 Å². The summed E-state index contributed by atoms with van der Waals surface area (Å²) in [7, 11) is 1.85. The van der Waals surface area contributed by atoms with Crippen LogP contribution in [0.5, 0.6) is 0 Å². The first-order valence-corrected chi connectivity index (χ1v) is 10.5. The molecule has 4 rings (SSSR count). The highest BCUT2D eigenvalue weighted by atomic mass is 32.1. The van der Waals surface area contributed by atoms with Crippen LogP contribution in [0.3, 0.4) is 0 Å². The molecule has 1 N–H and O–H groups in total. The molecule has 7 nitrogen and oxygen atoms in total. The number of rotatable bonds is 7. The summed E-state index contributed by atoms with van der Waals surface area (Å²) < 4.78 is 1.72. The van der Waals surface area contributed by atoms with E-state index < -0.39 is 0 Å². The minimum absolute atomic E-state index is 0.150. The summed E-state index contributed by atoms with van der Waals surface area (Å²) in [5.41, 5.74) is 3.40. The summed E-state index contributed by atoms with van der Waals surface area (Å²) in [6.07, 6.45) is 8.82. The van der Waals surface area contributed by atoms with E-state index in [1.165, 1.54) is 11.3 Å². The van der Waals surface area contributed by atoms with Crippen molar-refractivity contribution in [3.05, 3.63) is 58.4 Å². The standard InChI is InChI=1S/C19H18N6OS2/c1-25-10-14(9-22-25)19-24-16(12-28-19)18(26)21-6-2-3-17-23-15(11-27-17)13-4-7-20-8-5-13/h4-5,7-12H,2-3,6H2,1H3,(H,21,26). The van der Waals surface area contributed by atoms with E-state index in [0.717, 1.165) is 39.7 Å². The lowest BCUT2D eigenvalue weighted by Gasteiger charge is -2.02. The predicted molar refractivity (Wildman–Crippen MR) is 110 cm³/mol. The van der Waals surface area contributed by atoms with Gasteiger partial charge in [0, 0.05) is 60.5 Å². The number of pyridine rings is 1.